The van der Waals surface area contributed by atoms with E-state index in [1.165, 1.54) is 17.5 Å². The number of benzene rings is 3. The lowest BCUT2D eigenvalue weighted by Crippen LogP contribution is -2.23. The molecule has 0 saturated carbocycles. The molecule has 4 rings (SSSR count). The minimum atomic E-state index is 0.148. The van der Waals surface area contributed by atoms with Crippen molar-refractivity contribution in [3.05, 3.63) is 101 Å². The zero-order chi connectivity index (χ0) is 21.6. The van der Waals surface area contributed by atoms with Gasteiger partial charge in [0.15, 0.2) is 5.17 Å². The number of amidine groups is 1. The fourth-order valence-electron chi connectivity index (χ4n) is 3.37. The number of halogens is 1. The van der Waals surface area contributed by atoms with E-state index in [1.807, 2.05) is 65.9 Å². The van der Waals surface area contributed by atoms with Crippen LogP contribution in [0.5, 0.6) is 0 Å². The van der Waals surface area contributed by atoms with E-state index >= 15 is 0 Å². The quantitative estimate of drug-likeness (QED) is 0.191. The van der Waals surface area contributed by atoms with Gasteiger partial charge in [-0.05, 0) is 47.7 Å². The summed E-state index contributed by atoms with van der Waals surface area (Å²) in [5.41, 5.74) is 4.16. The molecule has 3 aromatic carbocycles. The van der Waals surface area contributed by atoms with Crippen LogP contribution in [0.25, 0.3) is 0 Å². The molecular formula is C25H20ClN3S2. The van der Waals surface area contributed by atoms with Crippen LogP contribution in [-0.4, -0.2) is 28.7 Å². The Bertz CT molecular complexity index is 1150. The van der Waals surface area contributed by atoms with Gasteiger partial charge in [-0.15, -0.1) is 6.42 Å². The van der Waals surface area contributed by atoms with Gasteiger partial charge in [0, 0.05) is 33.3 Å². The predicted octanol–water partition coefficient (Wildman–Crippen LogP) is 6.55. The number of rotatable bonds is 4. The number of nitrogens with zero attached hydrogens (tertiary/aromatic N) is 3. The third-order valence-electron chi connectivity index (χ3n) is 4.89. The number of terminal acetylenes is 1. The summed E-state index contributed by atoms with van der Waals surface area (Å²) in [4.78, 5) is 1.00. The molecule has 154 valence electrons. The van der Waals surface area contributed by atoms with E-state index in [9.17, 15) is 0 Å². The van der Waals surface area contributed by atoms with E-state index in [0.717, 1.165) is 33.4 Å². The third-order valence-corrected chi connectivity index (χ3v) is 6.65. The summed E-state index contributed by atoms with van der Waals surface area (Å²) in [5.74, 6) is 2.81. The van der Waals surface area contributed by atoms with Gasteiger partial charge in [-0.25, -0.2) is 5.01 Å². The maximum atomic E-state index is 6.11. The lowest BCUT2D eigenvalue weighted by Gasteiger charge is -2.17. The van der Waals surface area contributed by atoms with E-state index < -0.39 is 0 Å². The lowest BCUT2D eigenvalue weighted by molar-refractivity contribution is 0.485. The molecule has 0 spiro atoms. The van der Waals surface area contributed by atoms with Crippen LogP contribution in [-0.2, 0) is 0 Å². The molecule has 0 aliphatic carbocycles. The topological polar surface area (TPSA) is 28.0 Å². The molecule has 0 amide bonds. The summed E-state index contributed by atoms with van der Waals surface area (Å²) in [6, 6.07) is 26.1. The first-order valence-corrected chi connectivity index (χ1v) is 12.1. The highest BCUT2D eigenvalue weighted by molar-refractivity contribution is 8.14. The van der Waals surface area contributed by atoms with Crippen LogP contribution in [0.4, 0.5) is 0 Å². The van der Waals surface area contributed by atoms with Crippen molar-refractivity contribution in [3.63, 3.8) is 0 Å². The van der Waals surface area contributed by atoms with Crippen LogP contribution < -0.4 is 0 Å². The molecule has 1 atom stereocenters. The summed E-state index contributed by atoms with van der Waals surface area (Å²) >= 11 is 9.10. The first-order valence-electron chi connectivity index (χ1n) is 9.70. The third kappa shape index (κ3) is 5.16. The maximum Gasteiger partial charge on any atom is 0.191 e. The van der Waals surface area contributed by atoms with Gasteiger partial charge >= 0.3 is 0 Å². The van der Waals surface area contributed by atoms with Crippen LogP contribution in [0.2, 0.25) is 5.02 Å². The van der Waals surface area contributed by atoms with Crippen LogP contribution in [0, 0.1) is 12.3 Å². The average molecular weight is 462 g/mol. The average Bonchev–Trinajstić information content (AvgIpc) is 3.26. The van der Waals surface area contributed by atoms with Gasteiger partial charge in [-0.1, -0.05) is 77.8 Å². The highest BCUT2D eigenvalue weighted by atomic mass is 35.5. The molecule has 0 N–H and O–H groups in total. The number of hydrazone groups is 1. The molecule has 0 saturated heterocycles. The van der Waals surface area contributed by atoms with E-state index in [2.05, 4.69) is 30.2 Å². The van der Waals surface area contributed by atoms with Gasteiger partial charge in [0.25, 0.3) is 0 Å². The lowest BCUT2D eigenvalue weighted by atomic mass is 9.91. The minimum Gasteiger partial charge on any atom is -0.241 e. The number of thioether (sulfide) groups is 1. The fraction of sp³-hybridized carbons (Fsp3) is 0.120. The SMILES string of the molecule is C#Cc1cccc(SN=C(SC)N2CC(c3ccccc3)C(c3ccc(Cl)cc3)=N2)c1. The van der Waals surface area contributed by atoms with Crippen molar-refractivity contribution in [2.45, 2.75) is 10.8 Å². The van der Waals surface area contributed by atoms with Gasteiger partial charge in [-0.3, -0.25) is 0 Å². The largest absolute Gasteiger partial charge is 0.241 e. The Balaban J connectivity index is 1.64. The van der Waals surface area contributed by atoms with Gasteiger partial charge < -0.3 is 0 Å². The van der Waals surface area contributed by atoms with Crippen LogP contribution in [0.1, 0.15) is 22.6 Å². The van der Waals surface area contributed by atoms with Gasteiger partial charge in [0.2, 0.25) is 0 Å². The normalized spacial score (nSPS) is 16.2. The van der Waals surface area contributed by atoms with Crippen LogP contribution >= 0.6 is 35.3 Å². The Morgan fingerprint density at radius 3 is 2.58 bits per heavy atom. The Kier molecular flexibility index (Phi) is 7.03. The maximum absolute atomic E-state index is 6.11. The van der Waals surface area contributed by atoms with E-state index in [4.69, 9.17) is 27.5 Å². The van der Waals surface area contributed by atoms with Crippen molar-refractivity contribution >= 4 is 46.2 Å². The first kappa shape index (κ1) is 21.6. The molecule has 3 aromatic rings. The molecule has 0 radical (unpaired) electrons. The molecule has 3 nitrogen and oxygen atoms in total. The molecule has 31 heavy (non-hydrogen) atoms. The molecular weight excluding hydrogens is 442 g/mol. The molecule has 0 aromatic heterocycles. The van der Waals surface area contributed by atoms with Crippen LogP contribution in [0.15, 0.2) is 93.3 Å². The fourth-order valence-corrected chi connectivity index (χ4v) is 4.83. The summed E-state index contributed by atoms with van der Waals surface area (Å²) in [5, 5.41) is 8.53. The van der Waals surface area contributed by atoms with Crippen molar-refractivity contribution in [3.8, 4) is 12.3 Å². The van der Waals surface area contributed by atoms with Gasteiger partial charge in [0.05, 0.1) is 12.3 Å². The molecule has 0 fully saturated rings. The van der Waals surface area contributed by atoms with Gasteiger partial charge in [0.1, 0.15) is 0 Å². The molecule has 1 aliphatic rings. The molecule has 0 bridgehead atoms. The smallest absolute Gasteiger partial charge is 0.191 e. The molecule has 6 heteroatoms. The van der Waals surface area contributed by atoms with Crippen LogP contribution in [0.3, 0.4) is 0 Å². The summed E-state index contributed by atoms with van der Waals surface area (Å²) < 4.78 is 4.77. The van der Waals surface area contributed by atoms with Crippen molar-refractivity contribution in [2.75, 3.05) is 12.8 Å². The van der Waals surface area contributed by atoms with Gasteiger partial charge in [-0.2, -0.15) is 9.50 Å². The number of hydrogen-bond acceptors (Lipinski definition) is 4. The van der Waals surface area contributed by atoms with Crippen molar-refractivity contribution in [2.24, 2.45) is 9.50 Å². The van der Waals surface area contributed by atoms with Crippen molar-refractivity contribution in [1.29, 1.82) is 0 Å². The number of hydrogen-bond donors (Lipinski definition) is 0. The standard InChI is InChI=1S/C25H20ClN3S2/c1-3-18-8-7-11-22(16-18)31-28-25(30-2)29-17-23(19-9-5-4-6-10-19)24(27-29)20-12-14-21(26)15-13-20/h1,4-16,23H,17H2,2H3. The zero-order valence-corrected chi connectivity index (χ0v) is 19.3. The Labute approximate surface area is 196 Å². The summed E-state index contributed by atoms with van der Waals surface area (Å²) in [6.07, 6.45) is 7.54. The second-order valence-electron chi connectivity index (χ2n) is 6.88. The molecule has 1 unspecified atom stereocenters. The highest BCUT2D eigenvalue weighted by Gasteiger charge is 2.31. The summed E-state index contributed by atoms with van der Waals surface area (Å²) in [7, 11) is 0. The molecule has 1 aliphatic heterocycles. The van der Waals surface area contributed by atoms with Crippen molar-refractivity contribution < 1.29 is 0 Å². The van der Waals surface area contributed by atoms with E-state index in [1.54, 1.807) is 11.8 Å². The van der Waals surface area contributed by atoms with Crippen molar-refractivity contribution in [1.82, 2.24) is 5.01 Å². The zero-order valence-electron chi connectivity index (χ0n) is 16.9. The molecule has 1 heterocycles. The second kappa shape index (κ2) is 10.1. The summed E-state index contributed by atoms with van der Waals surface area (Å²) in [6.45, 7) is 0.729. The minimum absolute atomic E-state index is 0.148. The Morgan fingerprint density at radius 2 is 1.87 bits per heavy atom. The van der Waals surface area contributed by atoms with E-state index in [-0.39, 0.29) is 5.92 Å². The van der Waals surface area contributed by atoms with E-state index in [0.29, 0.717) is 5.02 Å². The Hall–Kier alpha value is -2.65. The second-order valence-corrected chi connectivity index (χ2v) is 8.93. The monoisotopic (exact) mass is 461 g/mol. The highest BCUT2D eigenvalue weighted by Crippen LogP contribution is 2.32. The Morgan fingerprint density at radius 1 is 1.10 bits per heavy atom. The predicted molar refractivity (Wildman–Crippen MR) is 135 cm³/mol. The first-order chi connectivity index (χ1) is 15.2.